The largest absolute Gasteiger partial charge is 0.871 e. The molecule has 1 atom stereocenters. The van der Waals surface area contributed by atoms with Crippen LogP contribution in [0.5, 0.6) is 0 Å². The first-order valence-corrected chi connectivity index (χ1v) is 15.3. The predicted octanol–water partition coefficient (Wildman–Crippen LogP) is 3.21. The van der Waals surface area contributed by atoms with Crippen molar-refractivity contribution in [3.63, 3.8) is 0 Å². The molecule has 0 spiro atoms. The van der Waals surface area contributed by atoms with E-state index in [9.17, 15) is 24.3 Å². The van der Waals surface area contributed by atoms with E-state index in [-0.39, 0.29) is 33.4 Å². The van der Waals surface area contributed by atoms with E-state index < -0.39 is 13.0 Å². The van der Waals surface area contributed by atoms with Gasteiger partial charge < -0.3 is 19.8 Å². The van der Waals surface area contributed by atoms with Crippen molar-refractivity contribution in [1.29, 1.82) is 0 Å². The lowest BCUT2D eigenvalue weighted by molar-refractivity contribution is -0.433. The van der Waals surface area contributed by atoms with Crippen LogP contribution >= 0.6 is 16.8 Å². The highest BCUT2D eigenvalue weighted by molar-refractivity contribution is 7.60. The van der Waals surface area contributed by atoms with Crippen molar-refractivity contribution in [1.82, 2.24) is 0 Å². The van der Waals surface area contributed by atoms with Gasteiger partial charge in [0.2, 0.25) is 5.69 Å². The molecule has 2 heterocycles. The Morgan fingerprint density at radius 2 is 1.72 bits per heavy atom. The minimum atomic E-state index is -4.43. The predicted molar refractivity (Wildman–Crippen MR) is 157 cm³/mol. The van der Waals surface area contributed by atoms with Crippen LogP contribution in [0.3, 0.4) is 0 Å². The molecule has 1 unspecified atom stereocenters. The third-order valence-electron chi connectivity index (χ3n) is 8.30. The minimum absolute atomic E-state index is 0.0493. The number of carbonyl (C=O) groups is 1. The molecule has 0 amide bonds. The van der Waals surface area contributed by atoms with Gasteiger partial charge in [-0.3, -0.25) is 9.36 Å². The van der Waals surface area contributed by atoms with E-state index in [4.69, 9.17) is 0 Å². The Bertz CT molecular complexity index is 1620. The maximum atomic E-state index is 13.4. The molecule has 0 saturated heterocycles. The van der Waals surface area contributed by atoms with Gasteiger partial charge in [-0.15, -0.1) is 9.24 Å². The second kappa shape index (κ2) is 9.11. The Morgan fingerprint density at radius 3 is 2.31 bits per heavy atom. The monoisotopic (exact) mass is 564 g/mol. The molecule has 39 heavy (non-hydrogen) atoms. The molecule has 2 N–H and O–H groups in total. The second-order valence-corrected chi connectivity index (χ2v) is 13.6. The molecule has 2 aromatic carbocycles. The summed E-state index contributed by atoms with van der Waals surface area (Å²) in [5.41, 5.74) is 4.77. The molecule has 1 aliphatic carbocycles. The number of likely N-dealkylation sites (N-methyl/N-ethyl adjacent to an activating group) is 1. The lowest BCUT2D eigenvalue weighted by atomic mass is 9.77. The summed E-state index contributed by atoms with van der Waals surface area (Å²) in [6.45, 7) is 13.4. The Hall–Kier alpha value is -2.82. The summed E-state index contributed by atoms with van der Waals surface area (Å²) in [7, 11) is -1.70. The Kier molecular flexibility index (Phi) is 6.48. The molecule has 2 aliphatic heterocycles. The molecule has 204 valence electrons. The molecule has 0 saturated carbocycles. The van der Waals surface area contributed by atoms with E-state index in [0.29, 0.717) is 13.1 Å². The van der Waals surface area contributed by atoms with Gasteiger partial charge in [0, 0.05) is 52.2 Å². The van der Waals surface area contributed by atoms with Crippen molar-refractivity contribution in [2.24, 2.45) is 0 Å². The molecule has 0 radical (unpaired) electrons. The van der Waals surface area contributed by atoms with Crippen LogP contribution in [0.25, 0.3) is 0 Å². The summed E-state index contributed by atoms with van der Waals surface area (Å²) >= 11 is 0. The average Bonchev–Trinajstić information content (AvgIpc) is 3.22. The van der Waals surface area contributed by atoms with Crippen molar-refractivity contribution >= 4 is 50.3 Å². The SMILES string of the molecule is CCN1C(=CC2=C([O-])C(=CC3=[N+](CC)c4ccc(P)cc4C3(C)C)C2=O)C(C)(C)c2cc(P(=O)(O)O)ccc21. The Morgan fingerprint density at radius 1 is 1.03 bits per heavy atom. The van der Waals surface area contributed by atoms with Gasteiger partial charge in [-0.1, -0.05) is 19.6 Å². The molecule has 9 heteroatoms. The van der Waals surface area contributed by atoms with Gasteiger partial charge in [0.25, 0.3) is 0 Å². The summed E-state index contributed by atoms with van der Waals surface area (Å²) in [5.74, 6) is -0.568. The summed E-state index contributed by atoms with van der Waals surface area (Å²) in [6.07, 6.45) is 3.43. The van der Waals surface area contributed by atoms with Crippen LogP contribution in [0.2, 0.25) is 0 Å². The first-order chi connectivity index (χ1) is 18.1. The van der Waals surface area contributed by atoms with Crippen molar-refractivity contribution in [3.05, 3.63) is 82.3 Å². The van der Waals surface area contributed by atoms with Crippen molar-refractivity contribution < 1.29 is 28.8 Å². The lowest BCUT2D eigenvalue weighted by Crippen LogP contribution is -2.35. The van der Waals surface area contributed by atoms with E-state index in [1.165, 1.54) is 12.1 Å². The van der Waals surface area contributed by atoms with Crippen LogP contribution in [0.4, 0.5) is 11.4 Å². The number of allylic oxidation sites excluding steroid dienone is 5. The summed E-state index contributed by atoms with van der Waals surface area (Å²) in [6, 6.07) is 10.9. The van der Waals surface area contributed by atoms with E-state index in [1.807, 2.05) is 31.7 Å². The lowest BCUT2D eigenvalue weighted by Gasteiger charge is -2.32. The van der Waals surface area contributed by atoms with Gasteiger partial charge in [0.15, 0.2) is 11.5 Å². The minimum Gasteiger partial charge on any atom is -0.871 e. The standard InChI is InChI=1S/C30H34N2O5P2/c1-7-31-23-11-9-17(38)13-21(23)29(3,4)25(31)15-19-27(33)20(28(19)34)16-26-30(5,6)22-14-18(39(35,36)37)10-12-24(22)32(26)8-2/h9-16H,7-8,38H2,1-6H3,(H2-,33,34,35,36,37). The van der Waals surface area contributed by atoms with Gasteiger partial charge >= 0.3 is 7.60 Å². The van der Waals surface area contributed by atoms with Gasteiger partial charge in [0.05, 0.1) is 10.7 Å². The van der Waals surface area contributed by atoms with Gasteiger partial charge in [-0.05, 0) is 75.0 Å². The number of carbonyl (C=O) groups excluding carboxylic acids is 1. The molecular weight excluding hydrogens is 530 g/mol. The average molecular weight is 565 g/mol. The number of benzene rings is 2. The zero-order chi connectivity index (χ0) is 28.7. The molecule has 0 fully saturated rings. The summed E-state index contributed by atoms with van der Waals surface area (Å²) in [5, 5.41) is 14.5. The van der Waals surface area contributed by atoms with Crippen LogP contribution in [0.15, 0.2) is 71.2 Å². The van der Waals surface area contributed by atoms with Crippen LogP contribution in [0.1, 0.15) is 52.7 Å². The normalized spacial score (nSPS) is 21.7. The van der Waals surface area contributed by atoms with E-state index in [2.05, 4.69) is 46.7 Å². The number of nitrogens with zero attached hydrogens (tertiary/aromatic N) is 2. The molecule has 0 bridgehead atoms. The molecule has 0 aromatic heterocycles. The van der Waals surface area contributed by atoms with Crippen LogP contribution < -0.4 is 20.6 Å². The Labute approximate surface area is 231 Å². The number of ketones is 1. The molecule has 5 rings (SSSR count). The quantitative estimate of drug-likeness (QED) is 0.329. The number of hydrogen-bond donors (Lipinski definition) is 2. The topological polar surface area (TPSA) is 104 Å². The van der Waals surface area contributed by atoms with E-state index in [0.717, 1.165) is 39.2 Å². The van der Waals surface area contributed by atoms with Crippen LogP contribution in [0, 0.1) is 0 Å². The number of Topliss-reactive ketones (excluding diaryl/α,β-unsaturated/α-hetero) is 1. The van der Waals surface area contributed by atoms with Crippen LogP contribution in [-0.2, 0) is 20.2 Å². The highest BCUT2D eigenvalue weighted by Gasteiger charge is 2.46. The van der Waals surface area contributed by atoms with Gasteiger partial charge in [-0.2, -0.15) is 4.58 Å². The highest BCUT2D eigenvalue weighted by atomic mass is 31.2. The summed E-state index contributed by atoms with van der Waals surface area (Å²) in [4.78, 5) is 34.8. The second-order valence-electron chi connectivity index (χ2n) is 11.3. The first kappa shape index (κ1) is 27.7. The van der Waals surface area contributed by atoms with E-state index in [1.54, 1.807) is 18.2 Å². The van der Waals surface area contributed by atoms with Crippen molar-refractivity contribution in [3.8, 4) is 0 Å². The smallest absolute Gasteiger partial charge is 0.356 e. The molecule has 7 nitrogen and oxygen atoms in total. The molecule has 2 aromatic rings. The fourth-order valence-electron chi connectivity index (χ4n) is 6.11. The van der Waals surface area contributed by atoms with Gasteiger partial charge in [0.1, 0.15) is 6.54 Å². The molecule has 3 aliphatic rings. The highest BCUT2D eigenvalue weighted by Crippen LogP contribution is 2.50. The number of fused-ring (bicyclic) bond motifs is 2. The zero-order valence-electron chi connectivity index (χ0n) is 23.1. The number of anilines is 1. The summed E-state index contributed by atoms with van der Waals surface area (Å²) < 4.78 is 14.1. The fraction of sp³-hybridized carbons (Fsp3) is 0.333. The molecular formula is C30H34N2O5P2. The Balaban J connectivity index is 1.58. The third-order valence-corrected chi connectivity index (χ3v) is 9.61. The number of hydrogen-bond acceptors (Lipinski definition) is 4. The number of rotatable bonds is 5. The third kappa shape index (κ3) is 4.10. The van der Waals surface area contributed by atoms with Crippen molar-refractivity contribution in [2.45, 2.75) is 52.4 Å². The van der Waals surface area contributed by atoms with Crippen molar-refractivity contribution in [2.75, 3.05) is 18.0 Å². The van der Waals surface area contributed by atoms with Gasteiger partial charge in [-0.25, -0.2) is 0 Å². The maximum Gasteiger partial charge on any atom is 0.356 e. The van der Waals surface area contributed by atoms with Crippen LogP contribution in [-0.4, -0.2) is 38.9 Å². The fourth-order valence-corrected chi connectivity index (χ4v) is 6.94. The first-order valence-electron chi connectivity index (χ1n) is 13.1. The zero-order valence-corrected chi connectivity index (χ0v) is 25.1. The maximum absolute atomic E-state index is 13.4. The van der Waals surface area contributed by atoms with E-state index >= 15 is 0 Å².